The Morgan fingerprint density at radius 1 is 1.07 bits per heavy atom. The summed E-state index contributed by atoms with van der Waals surface area (Å²) in [5, 5.41) is 0. The molecule has 0 aromatic rings. The number of hydrogen-bond donors (Lipinski definition) is 0. The summed E-state index contributed by atoms with van der Waals surface area (Å²) in [5.74, 6) is -2.95. The van der Waals surface area contributed by atoms with Crippen molar-refractivity contribution in [1.82, 2.24) is 0 Å². The molecule has 0 aliphatic rings. The van der Waals surface area contributed by atoms with Crippen LogP contribution >= 0.6 is 0 Å². The van der Waals surface area contributed by atoms with E-state index in [-0.39, 0.29) is 0 Å². The highest BCUT2D eigenvalue weighted by atomic mass is 19.3. The Hall–Kier alpha value is -0.180. The van der Waals surface area contributed by atoms with Gasteiger partial charge in [0.1, 0.15) is 6.10 Å². The summed E-state index contributed by atoms with van der Waals surface area (Å²) in [4.78, 5) is 0. The number of ether oxygens (including phenoxy) is 1. The van der Waals surface area contributed by atoms with Crippen molar-refractivity contribution in [3.05, 3.63) is 0 Å². The van der Waals surface area contributed by atoms with Gasteiger partial charge in [0.05, 0.1) is 0 Å². The van der Waals surface area contributed by atoms with Gasteiger partial charge in [-0.25, -0.2) is 8.78 Å². The fraction of sp³-hybridized carbons (Fsp3) is 1.00. The molecule has 1 atom stereocenters. The first-order valence-corrected chi connectivity index (χ1v) is 5.23. The molecule has 14 heavy (non-hydrogen) atoms. The maximum Gasteiger partial charge on any atom is 0.275 e. The van der Waals surface area contributed by atoms with E-state index in [4.69, 9.17) is 4.74 Å². The van der Waals surface area contributed by atoms with Crippen LogP contribution in [0.4, 0.5) is 8.78 Å². The van der Waals surface area contributed by atoms with Crippen molar-refractivity contribution in [2.75, 3.05) is 7.11 Å². The van der Waals surface area contributed by atoms with E-state index in [1.807, 2.05) is 13.8 Å². The third-order valence-corrected chi connectivity index (χ3v) is 2.49. The van der Waals surface area contributed by atoms with Crippen LogP contribution < -0.4 is 0 Å². The second-order valence-electron chi connectivity index (χ2n) is 4.52. The second-order valence-corrected chi connectivity index (χ2v) is 4.52. The minimum absolute atomic E-state index is 0.430. The second kappa shape index (κ2) is 5.64. The van der Waals surface area contributed by atoms with E-state index in [0.29, 0.717) is 12.3 Å². The fourth-order valence-electron chi connectivity index (χ4n) is 1.32. The molecule has 0 radical (unpaired) electrons. The average molecular weight is 208 g/mol. The van der Waals surface area contributed by atoms with E-state index >= 15 is 0 Å². The van der Waals surface area contributed by atoms with Crippen LogP contribution in [0.5, 0.6) is 0 Å². The quantitative estimate of drug-likeness (QED) is 0.646. The van der Waals surface area contributed by atoms with Crippen molar-refractivity contribution in [2.24, 2.45) is 11.8 Å². The first-order chi connectivity index (χ1) is 6.32. The van der Waals surface area contributed by atoms with Gasteiger partial charge in [0, 0.05) is 13.0 Å². The Morgan fingerprint density at radius 2 is 1.57 bits per heavy atom. The van der Waals surface area contributed by atoms with Crippen molar-refractivity contribution in [1.29, 1.82) is 0 Å². The van der Waals surface area contributed by atoms with Crippen molar-refractivity contribution >= 4 is 0 Å². The molecular weight excluding hydrogens is 186 g/mol. The van der Waals surface area contributed by atoms with Gasteiger partial charge in [-0.3, -0.25) is 0 Å². The van der Waals surface area contributed by atoms with Crippen LogP contribution in [-0.2, 0) is 4.74 Å². The van der Waals surface area contributed by atoms with Crippen LogP contribution in [0.25, 0.3) is 0 Å². The van der Waals surface area contributed by atoms with Gasteiger partial charge in [0.2, 0.25) is 0 Å². The van der Waals surface area contributed by atoms with Crippen molar-refractivity contribution in [3.63, 3.8) is 0 Å². The lowest BCUT2D eigenvalue weighted by molar-refractivity contribution is -0.155. The van der Waals surface area contributed by atoms with Gasteiger partial charge in [-0.05, 0) is 18.8 Å². The van der Waals surface area contributed by atoms with E-state index in [1.54, 1.807) is 0 Å². The van der Waals surface area contributed by atoms with E-state index in [2.05, 4.69) is 0 Å². The predicted molar refractivity (Wildman–Crippen MR) is 54.7 cm³/mol. The van der Waals surface area contributed by atoms with Gasteiger partial charge in [0.15, 0.2) is 0 Å². The highest BCUT2D eigenvalue weighted by Gasteiger charge is 2.42. The molecule has 0 rings (SSSR count). The van der Waals surface area contributed by atoms with Gasteiger partial charge in [-0.15, -0.1) is 0 Å². The Kier molecular flexibility index (Phi) is 5.57. The maximum absolute atomic E-state index is 13.5. The van der Waals surface area contributed by atoms with E-state index in [9.17, 15) is 8.78 Å². The molecule has 0 saturated carbocycles. The normalized spacial score (nSPS) is 15.2. The molecule has 86 valence electrons. The van der Waals surface area contributed by atoms with Crippen LogP contribution in [-0.4, -0.2) is 19.1 Å². The third-order valence-electron chi connectivity index (χ3n) is 2.49. The smallest absolute Gasteiger partial charge is 0.275 e. The molecule has 0 spiro atoms. The maximum atomic E-state index is 13.5. The Labute approximate surface area is 85.8 Å². The van der Waals surface area contributed by atoms with Crippen LogP contribution in [0.3, 0.4) is 0 Å². The highest BCUT2D eigenvalue weighted by Crippen LogP contribution is 2.32. The summed E-state index contributed by atoms with van der Waals surface area (Å²) in [5.41, 5.74) is 0. The Morgan fingerprint density at radius 3 is 1.86 bits per heavy atom. The van der Waals surface area contributed by atoms with Gasteiger partial charge in [-0.1, -0.05) is 27.7 Å². The summed E-state index contributed by atoms with van der Waals surface area (Å²) >= 11 is 0. The molecule has 0 heterocycles. The lowest BCUT2D eigenvalue weighted by Crippen LogP contribution is -2.40. The molecule has 0 saturated heterocycles. The number of hydrogen-bond acceptors (Lipinski definition) is 1. The molecule has 3 heteroatoms. The molecule has 0 aromatic carbocycles. The van der Waals surface area contributed by atoms with Crippen molar-refractivity contribution in [3.8, 4) is 0 Å². The molecule has 0 fully saturated rings. The molecule has 0 aliphatic carbocycles. The zero-order chi connectivity index (χ0) is 11.4. The molecule has 0 N–H and O–H groups in total. The summed E-state index contributed by atoms with van der Waals surface area (Å²) in [6, 6.07) is 0. The zero-order valence-corrected chi connectivity index (χ0v) is 9.81. The van der Waals surface area contributed by atoms with E-state index in [0.717, 1.165) is 6.42 Å². The molecule has 0 aromatic heterocycles. The monoisotopic (exact) mass is 208 g/mol. The SMILES string of the molecule is COC(CCC(C)C)C(F)(F)C(C)C. The lowest BCUT2D eigenvalue weighted by Gasteiger charge is -2.29. The van der Waals surface area contributed by atoms with Crippen molar-refractivity contribution in [2.45, 2.75) is 52.6 Å². The van der Waals surface area contributed by atoms with E-state index in [1.165, 1.54) is 21.0 Å². The zero-order valence-electron chi connectivity index (χ0n) is 9.81. The predicted octanol–water partition coefficient (Wildman–Crippen LogP) is 3.73. The van der Waals surface area contributed by atoms with Gasteiger partial charge in [-0.2, -0.15) is 0 Å². The standard InChI is InChI=1S/C11H22F2O/c1-8(2)6-7-10(14-5)11(12,13)9(3)4/h8-10H,6-7H2,1-5H3. The molecule has 0 bridgehead atoms. The molecule has 1 nitrogen and oxygen atoms in total. The largest absolute Gasteiger partial charge is 0.375 e. The van der Waals surface area contributed by atoms with Crippen LogP contribution in [0.15, 0.2) is 0 Å². The molecule has 0 aliphatic heterocycles. The van der Waals surface area contributed by atoms with Gasteiger partial charge in [0.25, 0.3) is 5.92 Å². The van der Waals surface area contributed by atoms with Gasteiger partial charge >= 0.3 is 0 Å². The molecule has 1 unspecified atom stereocenters. The minimum Gasteiger partial charge on any atom is -0.375 e. The minimum atomic E-state index is -2.72. The number of rotatable bonds is 6. The van der Waals surface area contributed by atoms with E-state index < -0.39 is 17.9 Å². The lowest BCUT2D eigenvalue weighted by atomic mass is 9.94. The number of alkyl halides is 2. The van der Waals surface area contributed by atoms with Crippen LogP contribution in [0, 0.1) is 11.8 Å². The summed E-state index contributed by atoms with van der Waals surface area (Å²) < 4.78 is 31.9. The topological polar surface area (TPSA) is 9.23 Å². The highest BCUT2D eigenvalue weighted by molar-refractivity contribution is 4.81. The average Bonchev–Trinajstić information content (AvgIpc) is 2.04. The number of halogens is 2. The first-order valence-electron chi connectivity index (χ1n) is 5.23. The summed E-state index contributed by atoms with van der Waals surface area (Å²) in [6.07, 6.45) is 0.269. The first kappa shape index (κ1) is 13.8. The summed E-state index contributed by atoms with van der Waals surface area (Å²) in [7, 11) is 1.36. The van der Waals surface area contributed by atoms with Crippen molar-refractivity contribution < 1.29 is 13.5 Å². The Balaban J connectivity index is 4.25. The number of methoxy groups -OCH3 is 1. The van der Waals surface area contributed by atoms with Crippen LogP contribution in [0.1, 0.15) is 40.5 Å². The third kappa shape index (κ3) is 3.91. The fourth-order valence-corrected chi connectivity index (χ4v) is 1.32. The Bertz CT molecular complexity index is 155. The van der Waals surface area contributed by atoms with Gasteiger partial charge < -0.3 is 4.74 Å². The molecular formula is C11H22F2O. The molecule has 0 amide bonds. The summed E-state index contributed by atoms with van der Waals surface area (Å²) in [6.45, 7) is 7.11. The van der Waals surface area contributed by atoms with Crippen LogP contribution in [0.2, 0.25) is 0 Å².